The molecular formula is C27H26N2O5. The van der Waals surface area contributed by atoms with E-state index in [4.69, 9.17) is 14.2 Å². The van der Waals surface area contributed by atoms with Gasteiger partial charge in [-0.1, -0.05) is 24.3 Å². The summed E-state index contributed by atoms with van der Waals surface area (Å²) in [4.78, 5) is 28.3. The number of ether oxygens (including phenoxy) is 3. The third kappa shape index (κ3) is 4.29. The molecule has 0 saturated heterocycles. The second-order valence-corrected chi connectivity index (χ2v) is 8.50. The van der Waals surface area contributed by atoms with E-state index in [1.165, 1.54) is 0 Å². The number of aryl methyl sites for hydroxylation is 2. The van der Waals surface area contributed by atoms with E-state index in [2.05, 4.69) is 9.55 Å². The van der Waals surface area contributed by atoms with Gasteiger partial charge in [-0.2, -0.15) is 0 Å². The maximum Gasteiger partial charge on any atom is 0.306 e. The minimum atomic E-state index is -0.382. The Morgan fingerprint density at radius 1 is 1.06 bits per heavy atom. The number of aromatic nitrogens is 2. The lowest BCUT2D eigenvalue weighted by Gasteiger charge is -2.11. The van der Waals surface area contributed by atoms with Crippen LogP contribution in [0.4, 0.5) is 0 Å². The van der Waals surface area contributed by atoms with Gasteiger partial charge in [0, 0.05) is 47.0 Å². The Labute approximate surface area is 197 Å². The van der Waals surface area contributed by atoms with Crippen LogP contribution < -0.4 is 9.47 Å². The van der Waals surface area contributed by atoms with E-state index < -0.39 is 0 Å². The van der Waals surface area contributed by atoms with Crippen LogP contribution in [0.3, 0.4) is 0 Å². The summed E-state index contributed by atoms with van der Waals surface area (Å²) in [7, 11) is 0. The predicted octanol–water partition coefficient (Wildman–Crippen LogP) is 4.72. The van der Waals surface area contributed by atoms with Gasteiger partial charge in [0.25, 0.3) is 0 Å². The molecule has 1 aliphatic rings. The molecule has 0 saturated carbocycles. The molecule has 7 nitrogen and oxygen atoms in total. The molecule has 2 aromatic heterocycles. The zero-order chi connectivity index (χ0) is 23.7. The maximum absolute atomic E-state index is 12.8. The molecule has 1 aliphatic heterocycles. The van der Waals surface area contributed by atoms with E-state index in [1.54, 1.807) is 0 Å². The number of nitrogens with one attached hydrogen (secondary N) is 1. The van der Waals surface area contributed by atoms with Crippen LogP contribution in [0.2, 0.25) is 0 Å². The molecule has 1 N–H and O–H groups in total. The number of benzene rings is 2. The smallest absolute Gasteiger partial charge is 0.306 e. The number of esters is 1. The second kappa shape index (κ2) is 9.09. The number of carbonyl (C=O) groups is 2. The zero-order valence-electron chi connectivity index (χ0n) is 19.2. The normalized spacial score (nSPS) is 12.3. The molecule has 4 aromatic rings. The van der Waals surface area contributed by atoms with Gasteiger partial charge in [0.05, 0.1) is 0 Å². The Morgan fingerprint density at radius 3 is 2.76 bits per heavy atom. The lowest BCUT2D eigenvalue weighted by Crippen LogP contribution is -2.15. The highest BCUT2D eigenvalue weighted by Crippen LogP contribution is 2.33. The van der Waals surface area contributed by atoms with E-state index >= 15 is 0 Å². The van der Waals surface area contributed by atoms with Gasteiger partial charge in [0.2, 0.25) is 12.6 Å². The molecule has 2 aromatic carbocycles. The van der Waals surface area contributed by atoms with Crippen LogP contribution in [0.15, 0.2) is 54.7 Å². The molecule has 0 atom stereocenters. The van der Waals surface area contributed by atoms with Gasteiger partial charge in [0.15, 0.2) is 18.1 Å². The van der Waals surface area contributed by atoms with Gasteiger partial charge < -0.3 is 23.8 Å². The van der Waals surface area contributed by atoms with Crippen LogP contribution in [0.1, 0.15) is 39.3 Å². The Bertz CT molecular complexity index is 1380. The minimum Gasteiger partial charge on any atom is -0.457 e. The molecule has 7 heteroatoms. The molecule has 174 valence electrons. The van der Waals surface area contributed by atoms with Gasteiger partial charge >= 0.3 is 5.97 Å². The van der Waals surface area contributed by atoms with Crippen LogP contribution >= 0.6 is 0 Å². The first-order valence-electron chi connectivity index (χ1n) is 11.3. The highest BCUT2D eigenvalue weighted by atomic mass is 16.7. The van der Waals surface area contributed by atoms with Crippen LogP contribution in [0, 0.1) is 13.8 Å². The quantitative estimate of drug-likeness (QED) is 0.305. The Morgan fingerprint density at radius 2 is 1.88 bits per heavy atom. The number of carbonyl (C=O) groups excluding carboxylic acids is 2. The van der Waals surface area contributed by atoms with Crippen LogP contribution in [-0.2, 0) is 22.5 Å². The zero-order valence-corrected chi connectivity index (χ0v) is 19.2. The number of fused-ring (bicyclic) bond motifs is 2. The number of para-hydroxylation sites is 1. The fourth-order valence-corrected chi connectivity index (χ4v) is 4.42. The van der Waals surface area contributed by atoms with Crippen molar-refractivity contribution in [3.63, 3.8) is 0 Å². The standard InChI is InChI=1S/C27H26N2O5/c1-17-11-22(18(2)29(17)14-19-7-9-25-26(12-19)34-16-33-25)24(30)15-32-27(31)10-8-20-13-28-23-6-4-3-5-21(20)23/h3-7,9,11-13,28H,8,10,14-16H2,1-2H3. The monoisotopic (exact) mass is 458 g/mol. The van der Waals surface area contributed by atoms with Crippen molar-refractivity contribution in [2.75, 3.05) is 13.4 Å². The molecule has 0 amide bonds. The molecule has 5 rings (SSSR count). The lowest BCUT2D eigenvalue weighted by atomic mass is 10.1. The molecule has 3 heterocycles. The van der Waals surface area contributed by atoms with Crippen molar-refractivity contribution in [1.29, 1.82) is 0 Å². The van der Waals surface area contributed by atoms with Crippen molar-refractivity contribution in [3.8, 4) is 11.5 Å². The van der Waals surface area contributed by atoms with Crippen molar-refractivity contribution in [2.24, 2.45) is 0 Å². The summed E-state index contributed by atoms with van der Waals surface area (Å²) >= 11 is 0. The topological polar surface area (TPSA) is 82.6 Å². The summed E-state index contributed by atoms with van der Waals surface area (Å²) < 4.78 is 18.2. The SMILES string of the molecule is Cc1cc(C(=O)COC(=O)CCc2c[nH]c3ccccc23)c(C)n1Cc1ccc2c(c1)OCO2. The average molecular weight is 459 g/mol. The minimum absolute atomic E-state index is 0.203. The summed E-state index contributed by atoms with van der Waals surface area (Å²) in [6.45, 7) is 4.45. The molecule has 0 bridgehead atoms. The summed E-state index contributed by atoms with van der Waals surface area (Å²) in [5.41, 5.74) is 5.53. The fourth-order valence-electron chi connectivity index (χ4n) is 4.42. The molecule has 0 unspecified atom stereocenters. The number of ketones is 1. The predicted molar refractivity (Wildman–Crippen MR) is 127 cm³/mol. The molecule has 0 aliphatic carbocycles. The van der Waals surface area contributed by atoms with Crippen LogP contribution in [0.5, 0.6) is 11.5 Å². The van der Waals surface area contributed by atoms with Crippen molar-refractivity contribution in [1.82, 2.24) is 9.55 Å². The number of hydrogen-bond acceptors (Lipinski definition) is 5. The number of H-pyrrole nitrogens is 1. The molecule has 0 radical (unpaired) electrons. The first kappa shape index (κ1) is 21.8. The first-order valence-corrected chi connectivity index (χ1v) is 11.3. The molecule has 0 fully saturated rings. The highest BCUT2D eigenvalue weighted by molar-refractivity contribution is 5.99. The largest absolute Gasteiger partial charge is 0.457 e. The average Bonchev–Trinajstić information content (AvgIpc) is 3.55. The van der Waals surface area contributed by atoms with E-state index in [0.717, 1.165) is 44.9 Å². The van der Waals surface area contributed by atoms with Gasteiger partial charge in [-0.15, -0.1) is 0 Å². The van der Waals surface area contributed by atoms with Crippen molar-refractivity contribution < 1.29 is 23.8 Å². The number of rotatable bonds is 8. The Hall–Kier alpha value is -4.00. The Kier molecular flexibility index (Phi) is 5.84. The molecular weight excluding hydrogens is 432 g/mol. The first-order chi connectivity index (χ1) is 16.5. The maximum atomic E-state index is 12.8. The van der Waals surface area contributed by atoms with Crippen molar-refractivity contribution >= 4 is 22.7 Å². The third-order valence-corrected chi connectivity index (χ3v) is 6.29. The Balaban J connectivity index is 1.19. The molecule has 34 heavy (non-hydrogen) atoms. The van der Waals surface area contributed by atoms with Gasteiger partial charge in [-0.25, -0.2) is 0 Å². The van der Waals surface area contributed by atoms with Crippen molar-refractivity contribution in [3.05, 3.63) is 82.8 Å². The van der Waals surface area contributed by atoms with Gasteiger partial charge in [-0.05, 0) is 55.7 Å². The van der Waals surface area contributed by atoms with Crippen LogP contribution in [-0.4, -0.2) is 34.7 Å². The number of hydrogen-bond donors (Lipinski definition) is 1. The number of aromatic amines is 1. The van der Waals surface area contributed by atoms with Crippen LogP contribution in [0.25, 0.3) is 10.9 Å². The van der Waals surface area contributed by atoms with E-state index in [9.17, 15) is 9.59 Å². The summed E-state index contributed by atoms with van der Waals surface area (Å²) in [5.74, 6) is 0.890. The van der Waals surface area contributed by atoms with Gasteiger partial charge in [-0.3, -0.25) is 9.59 Å². The summed E-state index contributed by atoms with van der Waals surface area (Å²) in [5, 5.41) is 1.10. The summed E-state index contributed by atoms with van der Waals surface area (Å²) in [6, 6.07) is 15.7. The van der Waals surface area contributed by atoms with Crippen molar-refractivity contribution in [2.45, 2.75) is 33.2 Å². The molecule has 0 spiro atoms. The lowest BCUT2D eigenvalue weighted by molar-refractivity contribution is -0.142. The van der Waals surface area contributed by atoms with E-state index in [0.29, 0.717) is 18.5 Å². The van der Waals surface area contributed by atoms with Gasteiger partial charge in [0.1, 0.15) is 0 Å². The number of Topliss-reactive ketones (excluding diaryl/α,β-unsaturated/α-hetero) is 1. The van der Waals surface area contributed by atoms with E-state index in [1.807, 2.05) is 68.6 Å². The second-order valence-electron chi connectivity index (χ2n) is 8.50. The highest BCUT2D eigenvalue weighted by Gasteiger charge is 2.19. The fraction of sp³-hybridized carbons (Fsp3) is 0.259. The van der Waals surface area contributed by atoms with E-state index in [-0.39, 0.29) is 31.6 Å². The third-order valence-electron chi connectivity index (χ3n) is 6.29. The number of nitrogens with zero attached hydrogens (tertiary/aromatic N) is 1. The summed E-state index contributed by atoms with van der Waals surface area (Å²) in [6.07, 6.45) is 2.69.